The molecular formula is C24H29ClN2O6. The number of hydrogen-bond acceptors (Lipinski definition) is 5. The average molecular weight is 477 g/mol. The van der Waals surface area contributed by atoms with Gasteiger partial charge in [0.2, 0.25) is 5.91 Å². The lowest BCUT2D eigenvalue weighted by molar-refractivity contribution is -0.157. The Morgan fingerprint density at radius 3 is 2.67 bits per heavy atom. The van der Waals surface area contributed by atoms with Gasteiger partial charge in [-0.05, 0) is 38.3 Å². The van der Waals surface area contributed by atoms with Crippen molar-refractivity contribution in [3.63, 3.8) is 0 Å². The molecular weight excluding hydrogens is 448 g/mol. The zero-order chi connectivity index (χ0) is 24.1. The molecule has 3 aliphatic heterocycles. The van der Waals surface area contributed by atoms with E-state index in [9.17, 15) is 24.6 Å². The lowest BCUT2D eigenvalue weighted by atomic mass is 9.65. The topological polar surface area (TPSA) is 107 Å². The van der Waals surface area contributed by atoms with E-state index in [1.54, 1.807) is 37.3 Å². The number of aliphatic hydroxyl groups excluding tert-OH is 1. The second-order valence-electron chi connectivity index (χ2n) is 9.14. The fraction of sp³-hybridized carbons (Fsp3) is 0.542. The van der Waals surface area contributed by atoms with Gasteiger partial charge in [-0.15, -0.1) is 6.58 Å². The fourth-order valence-electron chi connectivity index (χ4n) is 6.13. The Kier molecular flexibility index (Phi) is 6.05. The Balaban J connectivity index is 1.87. The van der Waals surface area contributed by atoms with Crippen LogP contribution in [-0.2, 0) is 19.1 Å². The quantitative estimate of drug-likeness (QED) is 0.558. The van der Waals surface area contributed by atoms with Gasteiger partial charge >= 0.3 is 5.97 Å². The van der Waals surface area contributed by atoms with Crippen LogP contribution in [0, 0.1) is 11.8 Å². The Morgan fingerprint density at radius 2 is 2.09 bits per heavy atom. The number of aliphatic carboxylic acids is 1. The first-order valence-electron chi connectivity index (χ1n) is 11.2. The van der Waals surface area contributed by atoms with Crippen molar-refractivity contribution in [2.45, 2.75) is 56.4 Å². The number of carboxylic acid groups (broad SMARTS) is 1. The van der Waals surface area contributed by atoms with Gasteiger partial charge in [-0.25, -0.2) is 0 Å². The van der Waals surface area contributed by atoms with E-state index in [1.165, 1.54) is 9.80 Å². The molecule has 1 aromatic rings. The van der Waals surface area contributed by atoms with Crippen LogP contribution in [0.3, 0.4) is 0 Å². The molecule has 178 valence electrons. The van der Waals surface area contributed by atoms with Crippen LogP contribution in [-0.4, -0.2) is 69.3 Å². The van der Waals surface area contributed by atoms with Gasteiger partial charge in [0.25, 0.3) is 5.91 Å². The number of benzene rings is 1. The molecule has 0 aromatic heterocycles. The number of carbonyl (C=O) groups is 3. The minimum Gasteiger partial charge on any atom is -0.481 e. The van der Waals surface area contributed by atoms with Gasteiger partial charge in [-0.1, -0.05) is 36.7 Å². The fourth-order valence-corrected chi connectivity index (χ4v) is 6.37. The summed E-state index contributed by atoms with van der Waals surface area (Å²) in [6.07, 6.45) is 2.82. The summed E-state index contributed by atoms with van der Waals surface area (Å²) < 4.78 is 6.49. The summed E-state index contributed by atoms with van der Waals surface area (Å²) in [7, 11) is 0. The van der Waals surface area contributed by atoms with Gasteiger partial charge in [0.15, 0.2) is 0 Å². The summed E-state index contributed by atoms with van der Waals surface area (Å²) in [6, 6.07) is 5.09. The zero-order valence-corrected chi connectivity index (χ0v) is 19.5. The smallest absolute Gasteiger partial charge is 0.310 e. The van der Waals surface area contributed by atoms with Crippen molar-refractivity contribution in [2.75, 3.05) is 18.1 Å². The Morgan fingerprint density at radius 1 is 1.39 bits per heavy atom. The van der Waals surface area contributed by atoms with Crippen LogP contribution in [0.2, 0.25) is 5.02 Å². The van der Waals surface area contributed by atoms with E-state index < -0.39 is 52.9 Å². The number of hydrogen-bond donors (Lipinski definition) is 2. The highest BCUT2D eigenvalue weighted by Gasteiger charge is 2.79. The first kappa shape index (κ1) is 23.7. The van der Waals surface area contributed by atoms with E-state index >= 15 is 0 Å². The van der Waals surface area contributed by atoms with Gasteiger partial charge in [0.05, 0.1) is 34.9 Å². The van der Waals surface area contributed by atoms with Crippen LogP contribution >= 0.6 is 11.6 Å². The number of para-hydroxylation sites is 1. The number of likely N-dealkylation sites (tertiary alicyclic amines) is 1. The van der Waals surface area contributed by atoms with Crippen molar-refractivity contribution in [2.24, 2.45) is 11.8 Å². The minimum atomic E-state index is -1.28. The van der Waals surface area contributed by atoms with Crippen LogP contribution in [0.1, 0.15) is 33.1 Å². The number of carboxylic acids is 1. The summed E-state index contributed by atoms with van der Waals surface area (Å²) in [4.78, 5) is 43.0. The monoisotopic (exact) mass is 476 g/mol. The van der Waals surface area contributed by atoms with Crippen molar-refractivity contribution < 1.29 is 29.3 Å². The molecule has 0 saturated carbocycles. The molecule has 3 saturated heterocycles. The van der Waals surface area contributed by atoms with E-state index in [2.05, 4.69) is 6.58 Å². The van der Waals surface area contributed by atoms with Crippen molar-refractivity contribution in [1.82, 2.24) is 4.90 Å². The van der Waals surface area contributed by atoms with Gasteiger partial charge in [0.1, 0.15) is 17.6 Å². The van der Waals surface area contributed by atoms with Crippen molar-refractivity contribution in [3.8, 4) is 0 Å². The maximum atomic E-state index is 14.2. The maximum absolute atomic E-state index is 14.2. The molecule has 6 atom stereocenters. The molecule has 8 nitrogen and oxygen atoms in total. The van der Waals surface area contributed by atoms with Crippen LogP contribution in [0.25, 0.3) is 0 Å². The van der Waals surface area contributed by atoms with Gasteiger partial charge in [-0.3, -0.25) is 14.4 Å². The molecule has 2 unspecified atom stereocenters. The lowest BCUT2D eigenvalue weighted by Crippen LogP contribution is -2.58. The number of nitrogens with zero attached hydrogens (tertiary/aromatic N) is 2. The molecule has 4 rings (SSSR count). The number of ether oxygens (including phenoxy) is 1. The van der Waals surface area contributed by atoms with Crippen LogP contribution in [0.4, 0.5) is 5.69 Å². The van der Waals surface area contributed by atoms with E-state index in [-0.39, 0.29) is 13.2 Å². The van der Waals surface area contributed by atoms with E-state index in [0.717, 1.165) is 0 Å². The number of rotatable bonds is 8. The maximum Gasteiger partial charge on any atom is 0.310 e. The van der Waals surface area contributed by atoms with Crippen molar-refractivity contribution >= 4 is 35.1 Å². The lowest BCUT2D eigenvalue weighted by Gasteiger charge is -2.38. The summed E-state index contributed by atoms with van der Waals surface area (Å²) in [5.41, 5.74) is -1.81. The van der Waals surface area contributed by atoms with Crippen molar-refractivity contribution in [1.29, 1.82) is 0 Å². The molecule has 0 aliphatic carbocycles. The SMILES string of the molecule is C=CCN(C(=O)C1N([C@H](C)CO)C(=O)[C@@H]2[C@@H](C(=O)O)[C@@]3(CC)CCC12O3)c1ccccc1Cl. The van der Waals surface area contributed by atoms with Crippen LogP contribution in [0.5, 0.6) is 0 Å². The number of anilines is 1. The van der Waals surface area contributed by atoms with E-state index in [4.69, 9.17) is 16.3 Å². The highest BCUT2D eigenvalue weighted by molar-refractivity contribution is 6.34. The second-order valence-corrected chi connectivity index (χ2v) is 9.54. The first-order valence-corrected chi connectivity index (χ1v) is 11.6. The number of halogens is 1. The Hall–Kier alpha value is -2.42. The van der Waals surface area contributed by atoms with Gasteiger partial charge in [0, 0.05) is 6.54 Å². The molecule has 1 aromatic carbocycles. The normalized spacial score (nSPS) is 33.2. The third-order valence-corrected chi connectivity index (χ3v) is 7.90. The highest BCUT2D eigenvalue weighted by Crippen LogP contribution is 2.64. The molecule has 2 bridgehead atoms. The number of amides is 2. The zero-order valence-electron chi connectivity index (χ0n) is 18.7. The Labute approximate surface area is 197 Å². The summed E-state index contributed by atoms with van der Waals surface area (Å²) >= 11 is 6.40. The summed E-state index contributed by atoms with van der Waals surface area (Å²) in [5, 5.41) is 20.3. The average Bonchev–Trinajstić information content (AvgIpc) is 3.40. The molecule has 2 amide bonds. The first-order chi connectivity index (χ1) is 15.7. The predicted octanol–water partition coefficient (Wildman–Crippen LogP) is 2.48. The van der Waals surface area contributed by atoms with Gasteiger partial charge in [-0.2, -0.15) is 0 Å². The van der Waals surface area contributed by atoms with Gasteiger partial charge < -0.3 is 24.7 Å². The molecule has 1 spiro atoms. The third kappa shape index (κ3) is 3.22. The third-order valence-electron chi connectivity index (χ3n) is 7.58. The molecule has 9 heteroatoms. The number of fused-ring (bicyclic) bond motifs is 1. The summed E-state index contributed by atoms with van der Waals surface area (Å²) in [6.45, 7) is 7.00. The molecule has 3 fully saturated rings. The predicted molar refractivity (Wildman–Crippen MR) is 122 cm³/mol. The molecule has 33 heavy (non-hydrogen) atoms. The Bertz CT molecular complexity index is 1000. The molecule has 3 aliphatic rings. The second kappa shape index (κ2) is 8.42. The molecule has 0 radical (unpaired) electrons. The van der Waals surface area contributed by atoms with Crippen LogP contribution in [0.15, 0.2) is 36.9 Å². The van der Waals surface area contributed by atoms with Crippen molar-refractivity contribution in [3.05, 3.63) is 41.9 Å². The highest BCUT2D eigenvalue weighted by atomic mass is 35.5. The minimum absolute atomic E-state index is 0.136. The summed E-state index contributed by atoms with van der Waals surface area (Å²) in [5.74, 6) is -4.05. The van der Waals surface area contributed by atoms with E-state index in [1.807, 2.05) is 6.92 Å². The molecule has 3 heterocycles. The number of carbonyl (C=O) groups excluding carboxylic acids is 2. The largest absolute Gasteiger partial charge is 0.481 e. The molecule has 2 N–H and O–H groups in total. The number of aliphatic hydroxyl groups is 1. The van der Waals surface area contributed by atoms with Crippen LogP contribution < -0.4 is 4.90 Å². The standard InChI is InChI=1S/C24H29ClN2O6/c1-4-12-26(16-9-7-6-8-15(16)25)21(30)19-24-11-10-23(5-2,33-24)18(22(31)32)17(24)20(29)27(19)14(3)13-28/h4,6-9,14,17-19,28H,1,5,10-13H2,2-3H3,(H,31,32)/t14-,17+,18+,19?,23-,24?/m1/s1. The van der Waals surface area contributed by atoms with E-state index in [0.29, 0.717) is 30.0 Å².